The van der Waals surface area contributed by atoms with E-state index in [1.54, 1.807) is 36.4 Å². The fourth-order valence-corrected chi connectivity index (χ4v) is 5.37. The van der Waals surface area contributed by atoms with Crippen molar-refractivity contribution >= 4 is 33.6 Å². The van der Waals surface area contributed by atoms with Gasteiger partial charge in [0.2, 0.25) is 5.70 Å². The third kappa shape index (κ3) is 4.62. The van der Waals surface area contributed by atoms with Crippen LogP contribution in [0.25, 0.3) is 48.1 Å². The van der Waals surface area contributed by atoms with E-state index in [9.17, 15) is 29.0 Å². The highest BCUT2D eigenvalue weighted by atomic mass is 19.4. The van der Waals surface area contributed by atoms with Crippen LogP contribution < -0.4 is 4.74 Å². The summed E-state index contributed by atoms with van der Waals surface area (Å²) in [7, 11) is 0. The number of nitrogens with zero attached hydrogens (tertiary/aromatic N) is 6. The summed E-state index contributed by atoms with van der Waals surface area (Å²) in [6.07, 6.45) is -4.97. The molecule has 0 atom stereocenters. The van der Waals surface area contributed by atoms with Crippen LogP contribution in [0.5, 0.6) is 5.75 Å². The first-order valence-electron chi connectivity index (χ1n) is 12.5. The lowest BCUT2D eigenvalue weighted by molar-refractivity contribution is -0.274. The Morgan fingerprint density at radius 2 is 1.27 bits per heavy atom. The molecule has 44 heavy (non-hydrogen) atoms. The lowest BCUT2D eigenvalue weighted by Crippen LogP contribution is -2.17. The fourth-order valence-electron chi connectivity index (χ4n) is 5.37. The monoisotopic (exact) mass is 578 g/mol. The summed E-state index contributed by atoms with van der Waals surface area (Å²) in [4.78, 5) is 10.3. The normalized spacial score (nSPS) is 15.5. The second kappa shape index (κ2) is 10.9. The lowest BCUT2D eigenvalue weighted by Gasteiger charge is -2.13. The van der Waals surface area contributed by atoms with Gasteiger partial charge in [0.15, 0.2) is 0 Å². The summed E-state index contributed by atoms with van der Waals surface area (Å²) in [6.45, 7) is 24.8. The summed E-state index contributed by atoms with van der Waals surface area (Å²) in [6, 6.07) is 21.1. The Morgan fingerprint density at radius 3 is 1.80 bits per heavy atom. The molecule has 3 aromatic carbocycles. The quantitative estimate of drug-likeness (QED) is 0.230. The van der Waals surface area contributed by atoms with Gasteiger partial charge in [0.25, 0.3) is 11.4 Å². The second-order valence-electron chi connectivity index (χ2n) is 9.47. The molecular formula is C34H13F3N6O. The number of nitriles is 3. The molecule has 0 amide bonds. The van der Waals surface area contributed by atoms with Gasteiger partial charge >= 0.3 is 6.36 Å². The van der Waals surface area contributed by atoms with Gasteiger partial charge in [0, 0.05) is 5.57 Å². The minimum Gasteiger partial charge on any atom is -0.406 e. The molecule has 0 saturated carbocycles. The molecule has 206 valence electrons. The zero-order valence-electron chi connectivity index (χ0n) is 22.5. The molecule has 0 aromatic heterocycles. The molecule has 0 aliphatic heterocycles. The third-order valence-corrected chi connectivity index (χ3v) is 7.04. The number of benzene rings is 3. The SMILES string of the molecule is [C-]#[N+]C1=C(c2ccc(C3=C(C#N)c4cc(C)ccc4/C3=C(/C#N)[N+]#[C-])cc2)/C(=C(/C#N)[N+]#[C-])c2ccc(OC(F)(F)F)cc21. The average Bonchev–Trinajstić information content (AvgIpc) is 3.49. The van der Waals surface area contributed by atoms with E-state index in [4.69, 9.17) is 19.7 Å². The molecule has 5 rings (SSSR count). The first kappa shape index (κ1) is 28.7. The van der Waals surface area contributed by atoms with Crippen molar-refractivity contribution < 1.29 is 17.9 Å². The van der Waals surface area contributed by atoms with Crippen molar-refractivity contribution in [1.29, 1.82) is 15.8 Å². The summed E-state index contributed by atoms with van der Waals surface area (Å²) < 4.78 is 42.8. The fraction of sp³-hybridized carbons (Fsp3) is 0.0588. The summed E-state index contributed by atoms with van der Waals surface area (Å²) in [5.41, 5.74) is 3.81. The minimum atomic E-state index is -4.97. The Morgan fingerprint density at radius 1 is 0.727 bits per heavy atom. The number of rotatable bonds is 3. The molecule has 0 fully saturated rings. The van der Waals surface area contributed by atoms with Crippen LogP contribution in [0.3, 0.4) is 0 Å². The van der Waals surface area contributed by atoms with Gasteiger partial charge in [0.1, 0.15) is 11.8 Å². The molecule has 0 saturated heterocycles. The van der Waals surface area contributed by atoms with Crippen LogP contribution in [-0.2, 0) is 0 Å². The van der Waals surface area contributed by atoms with E-state index in [2.05, 4.69) is 25.3 Å². The summed E-state index contributed by atoms with van der Waals surface area (Å²) in [5.74, 6) is -0.561. The van der Waals surface area contributed by atoms with E-state index in [1.165, 1.54) is 6.07 Å². The van der Waals surface area contributed by atoms with Crippen molar-refractivity contribution in [2.45, 2.75) is 13.3 Å². The highest BCUT2D eigenvalue weighted by molar-refractivity contribution is 6.26. The van der Waals surface area contributed by atoms with Crippen molar-refractivity contribution in [1.82, 2.24) is 0 Å². The van der Waals surface area contributed by atoms with Crippen LogP contribution in [0, 0.1) is 60.6 Å². The highest BCUT2D eigenvalue weighted by Gasteiger charge is 2.35. The Bertz CT molecular complexity index is 2160. The Hall–Kier alpha value is -6.85. The van der Waals surface area contributed by atoms with Crippen LogP contribution in [0.1, 0.15) is 38.9 Å². The summed E-state index contributed by atoms with van der Waals surface area (Å²) >= 11 is 0. The van der Waals surface area contributed by atoms with Crippen molar-refractivity contribution in [3.63, 3.8) is 0 Å². The van der Waals surface area contributed by atoms with Gasteiger partial charge in [-0.2, -0.15) is 5.26 Å². The first-order valence-corrected chi connectivity index (χ1v) is 12.5. The smallest absolute Gasteiger partial charge is 0.406 e. The molecule has 0 unspecified atom stereocenters. The van der Waals surface area contributed by atoms with E-state index < -0.39 is 12.1 Å². The van der Waals surface area contributed by atoms with E-state index in [0.29, 0.717) is 33.4 Å². The maximum Gasteiger partial charge on any atom is 0.573 e. The molecule has 2 aliphatic rings. The molecule has 0 spiro atoms. The predicted octanol–water partition coefficient (Wildman–Crippen LogP) is 8.45. The third-order valence-electron chi connectivity index (χ3n) is 7.04. The van der Waals surface area contributed by atoms with Crippen LogP contribution in [0.15, 0.2) is 72.1 Å². The lowest BCUT2D eigenvalue weighted by atomic mass is 9.91. The molecule has 0 bridgehead atoms. The van der Waals surface area contributed by atoms with Crippen LogP contribution in [0.4, 0.5) is 13.2 Å². The number of hydrogen-bond acceptors (Lipinski definition) is 4. The number of halogens is 3. The highest BCUT2D eigenvalue weighted by Crippen LogP contribution is 2.51. The average molecular weight is 579 g/mol. The van der Waals surface area contributed by atoms with E-state index >= 15 is 0 Å². The molecule has 7 nitrogen and oxygen atoms in total. The largest absolute Gasteiger partial charge is 0.573 e. The minimum absolute atomic E-state index is 0.0734. The number of aryl methyl sites for hydroxylation is 1. The van der Waals surface area contributed by atoms with Crippen molar-refractivity contribution in [3.05, 3.63) is 145 Å². The molecular weight excluding hydrogens is 565 g/mol. The predicted molar refractivity (Wildman–Crippen MR) is 155 cm³/mol. The number of hydrogen-bond donors (Lipinski definition) is 0. The van der Waals surface area contributed by atoms with Crippen molar-refractivity contribution in [3.8, 4) is 24.0 Å². The standard InChI is InChI=1S/C34H13F3N6O/c1-18-5-11-22-24(13-18)26(15-38)29(31(22)27(16-39)41-2)19-6-8-20(9-7-19)30-32(28(17-40)42-3)23-12-10-21(44-34(35,36)37)14-25(23)33(30)43-4/h5-14H,1H3/b31-27+,32-28-. The molecule has 3 aromatic rings. The van der Waals surface area contributed by atoms with Crippen LogP contribution in [-0.4, -0.2) is 6.36 Å². The van der Waals surface area contributed by atoms with Gasteiger partial charge in [-0.25, -0.2) is 25.1 Å². The van der Waals surface area contributed by atoms with Gasteiger partial charge in [-0.1, -0.05) is 54.1 Å². The van der Waals surface area contributed by atoms with Gasteiger partial charge < -0.3 is 4.74 Å². The number of allylic oxidation sites excluding steroid dienone is 7. The Labute approximate surface area is 249 Å². The second-order valence-corrected chi connectivity index (χ2v) is 9.47. The Balaban J connectivity index is 1.73. The zero-order chi connectivity index (χ0) is 31.8. The van der Waals surface area contributed by atoms with E-state index in [0.717, 1.165) is 17.7 Å². The molecule has 2 aliphatic carbocycles. The maximum absolute atomic E-state index is 12.9. The molecule has 0 radical (unpaired) electrons. The molecule has 10 heteroatoms. The topological polar surface area (TPSA) is 93.7 Å². The number of ether oxygens (including phenoxy) is 1. The van der Waals surface area contributed by atoms with Crippen LogP contribution >= 0.6 is 0 Å². The molecule has 0 heterocycles. The van der Waals surface area contributed by atoms with Gasteiger partial charge in [-0.05, 0) is 69.2 Å². The van der Waals surface area contributed by atoms with Gasteiger partial charge in [0.05, 0.1) is 37.4 Å². The molecule has 0 N–H and O–H groups in total. The van der Waals surface area contributed by atoms with Gasteiger partial charge in [-0.3, -0.25) is 0 Å². The maximum atomic E-state index is 12.9. The van der Waals surface area contributed by atoms with Gasteiger partial charge in [-0.15, -0.1) is 13.2 Å². The number of fused-ring (bicyclic) bond motifs is 2. The van der Waals surface area contributed by atoms with Crippen molar-refractivity contribution in [2.24, 2.45) is 0 Å². The first-order chi connectivity index (χ1) is 21.1. The van der Waals surface area contributed by atoms with Crippen molar-refractivity contribution in [2.75, 3.05) is 0 Å². The van der Waals surface area contributed by atoms with Crippen LogP contribution in [0.2, 0.25) is 0 Å². The van der Waals surface area contributed by atoms with E-state index in [1.807, 2.05) is 25.1 Å². The Kier molecular flexibility index (Phi) is 7.07. The summed E-state index contributed by atoms with van der Waals surface area (Å²) in [5, 5.41) is 29.6. The zero-order valence-corrected chi connectivity index (χ0v) is 22.5. The van der Waals surface area contributed by atoms with E-state index in [-0.39, 0.29) is 44.9 Å². The number of alkyl halides is 3.